The van der Waals surface area contributed by atoms with E-state index in [-0.39, 0.29) is 24.8 Å². The van der Waals surface area contributed by atoms with Crippen LogP contribution in [-0.2, 0) is 0 Å². The fraction of sp³-hybridized carbons (Fsp3) is 0.462. The molecule has 1 aliphatic rings. The fourth-order valence-electron chi connectivity index (χ4n) is 4.05. The van der Waals surface area contributed by atoms with Crippen LogP contribution in [0.3, 0.4) is 0 Å². The molecule has 0 atom stereocenters. The third-order valence-corrected chi connectivity index (χ3v) is 5.79. The van der Waals surface area contributed by atoms with Crippen LogP contribution in [0.2, 0.25) is 0 Å². The molecule has 0 unspecified atom stereocenters. The number of nitrogens with one attached hydrogen (secondary N) is 4. The van der Waals surface area contributed by atoms with Crippen molar-refractivity contribution >= 4 is 22.9 Å². The van der Waals surface area contributed by atoms with Gasteiger partial charge in [0, 0.05) is 48.8 Å². The summed E-state index contributed by atoms with van der Waals surface area (Å²) in [4.78, 5) is 26.8. The van der Waals surface area contributed by atoms with Gasteiger partial charge in [0.25, 0.3) is 0 Å². The highest BCUT2D eigenvalue weighted by atomic mass is 16.3. The van der Waals surface area contributed by atoms with E-state index in [9.17, 15) is 9.59 Å². The van der Waals surface area contributed by atoms with Gasteiger partial charge in [0.05, 0.1) is 11.1 Å². The maximum Gasteiger partial charge on any atom is 0.196 e. The third kappa shape index (κ3) is 6.64. The minimum Gasteiger partial charge on any atom is -0.396 e. The van der Waals surface area contributed by atoms with Crippen molar-refractivity contribution < 1.29 is 19.8 Å². The Balaban J connectivity index is 1.72. The first-order chi connectivity index (χ1) is 16.7. The van der Waals surface area contributed by atoms with Gasteiger partial charge in [-0.15, -0.1) is 0 Å². The standard InChI is InChI=1S/C26H36N4O4/c31-17-5-13-27-11-3-15-29-21-9-10-22(30-16-4-12-28-14-6-18-32)24-23(21)25(33)19-7-1-2-8-20(19)26(24)34/h1-2,7-10,27-32H,3-6,11-18H2. The van der Waals surface area contributed by atoms with Gasteiger partial charge in [0.2, 0.25) is 0 Å². The topological polar surface area (TPSA) is 123 Å². The molecule has 8 nitrogen and oxygen atoms in total. The molecular weight excluding hydrogens is 432 g/mol. The van der Waals surface area contributed by atoms with E-state index in [1.807, 2.05) is 12.1 Å². The lowest BCUT2D eigenvalue weighted by Crippen LogP contribution is -2.25. The first-order valence-corrected chi connectivity index (χ1v) is 12.2. The van der Waals surface area contributed by atoms with Crippen LogP contribution in [0.15, 0.2) is 36.4 Å². The first kappa shape index (κ1) is 25.8. The van der Waals surface area contributed by atoms with Crippen LogP contribution in [0.1, 0.15) is 57.5 Å². The number of ketones is 2. The first-order valence-electron chi connectivity index (χ1n) is 12.2. The zero-order chi connectivity index (χ0) is 24.2. The number of carbonyl (C=O) groups excluding carboxylic acids is 2. The van der Waals surface area contributed by atoms with Gasteiger partial charge >= 0.3 is 0 Å². The van der Waals surface area contributed by atoms with Crippen LogP contribution >= 0.6 is 0 Å². The van der Waals surface area contributed by atoms with Gasteiger partial charge < -0.3 is 31.5 Å². The minimum absolute atomic E-state index is 0.136. The normalized spacial score (nSPS) is 12.4. The van der Waals surface area contributed by atoms with Crippen molar-refractivity contribution in [3.05, 3.63) is 58.7 Å². The number of hydrogen-bond donors (Lipinski definition) is 6. The van der Waals surface area contributed by atoms with E-state index in [0.717, 1.165) is 51.9 Å². The van der Waals surface area contributed by atoms with Crippen molar-refractivity contribution in [3.8, 4) is 0 Å². The number of rotatable bonds is 16. The molecule has 2 aromatic rings. The second-order valence-electron chi connectivity index (χ2n) is 8.33. The zero-order valence-corrected chi connectivity index (χ0v) is 19.7. The Morgan fingerprint density at radius 1 is 0.559 bits per heavy atom. The Kier molecular flexibility index (Phi) is 10.5. The molecule has 2 aromatic carbocycles. The summed E-state index contributed by atoms with van der Waals surface area (Å²) in [5, 5.41) is 30.9. The summed E-state index contributed by atoms with van der Waals surface area (Å²) >= 11 is 0. The van der Waals surface area contributed by atoms with Gasteiger partial charge in [-0.2, -0.15) is 0 Å². The smallest absolute Gasteiger partial charge is 0.196 e. The molecule has 184 valence electrons. The average molecular weight is 469 g/mol. The molecule has 0 bridgehead atoms. The molecule has 0 spiro atoms. The number of aliphatic hydroxyl groups is 2. The highest BCUT2D eigenvalue weighted by molar-refractivity contribution is 6.31. The van der Waals surface area contributed by atoms with Crippen LogP contribution in [-0.4, -0.2) is 74.3 Å². The summed E-state index contributed by atoms with van der Waals surface area (Å²) in [5.74, 6) is -0.272. The largest absolute Gasteiger partial charge is 0.396 e. The Hall–Kier alpha value is -2.78. The van der Waals surface area contributed by atoms with E-state index in [1.54, 1.807) is 24.3 Å². The molecule has 6 N–H and O–H groups in total. The number of fused-ring (bicyclic) bond motifs is 2. The van der Waals surface area contributed by atoms with Crippen LogP contribution in [0, 0.1) is 0 Å². The molecule has 0 radical (unpaired) electrons. The monoisotopic (exact) mass is 468 g/mol. The molecule has 8 heteroatoms. The van der Waals surface area contributed by atoms with E-state index >= 15 is 0 Å². The van der Waals surface area contributed by atoms with E-state index in [2.05, 4.69) is 21.3 Å². The van der Waals surface area contributed by atoms with Crippen LogP contribution in [0.5, 0.6) is 0 Å². The Bertz CT molecular complexity index is 888. The molecule has 34 heavy (non-hydrogen) atoms. The van der Waals surface area contributed by atoms with Gasteiger partial charge in [-0.3, -0.25) is 9.59 Å². The Morgan fingerprint density at radius 3 is 1.38 bits per heavy atom. The van der Waals surface area contributed by atoms with Crippen LogP contribution in [0.4, 0.5) is 11.4 Å². The van der Waals surface area contributed by atoms with Gasteiger partial charge in [-0.1, -0.05) is 24.3 Å². The molecule has 3 rings (SSSR count). The van der Waals surface area contributed by atoms with Gasteiger partial charge in [-0.25, -0.2) is 0 Å². The van der Waals surface area contributed by atoms with Crippen molar-refractivity contribution in [1.82, 2.24) is 10.6 Å². The Morgan fingerprint density at radius 2 is 0.971 bits per heavy atom. The number of benzene rings is 2. The van der Waals surface area contributed by atoms with Gasteiger partial charge in [-0.05, 0) is 64.0 Å². The molecule has 0 fully saturated rings. The lowest BCUT2D eigenvalue weighted by atomic mass is 9.82. The summed E-state index contributed by atoms with van der Waals surface area (Å²) in [6, 6.07) is 10.7. The zero-order valence-electron chi connectivity index (χ0n) is 19.7. The Labute approximate surface area is 201 Å². The van der Waals surface area contributed by atoms with Crippen LogP contribution in [0.25, 0.3) is 0 Å². The molecular formula is C26H36N4O4. The predicted octanol–water partition coefficient (Wildman–Crippen LogP) is 2.01. The maximum absolute atomic E-state index is 13.4. The quantitative estimate of drug-likeness (QED) is 0.177. The average Bonchev–Trinajstić information content (AvgIpc) is 2.86. The van der Waals surface area contributed by atoms with Gasteiger partial charge in [0.1, 0.15) is 0 Å². The molecule has 0 aliphatic heterocycles. The van der Waals surface area contributed by atoms with E-state index in [0.29, 0.717) is 46.7 Å². The van der Waals surface area contributed by atoms with Crippen molar-refractivity contribution in [3.63, 3.8) is 0 Å². The number of anilines is 2. The molecule has 0 aromatic heterocycles. The number of hydrogen-bond acceptors (Lipinski definition) is 8. The maximum atomic E-state index is 13.4. The minimum atomic E-state index is -0.136. The summed E-state index contributed by atoms with van der Waals surface area (Å²) in [7, 11) is 0. The van der Waals surface area contributed by atoms with Crippen molar-refractivity contribution in [1.29, 1.82) is 0 Å². The summed E-state index contributed by atoms with van der Waals surface area (Å²) in [5.41, 5.74) is 3.10. The summed E-state index contributed by atoms with van der Waals surface area (Å²) in [6.07, 6.45) is 3.15. The van der Waals surface area contributed by atoms with E-state index < -0.39 is 0 Å². The SMILES string of the molecule is O=C1c2ccccc2C(=O)c2c(NCCCNCCCO)ccc(NCCCNCCCO)c21. The fourth-order valence-corrected chi connectivity index (χ4v) is 4.05. The second kappa shape index (κ2) is 13.8. The highest BCUT2D eigenvalue weighted by Crippen LogP contribution is 2.36. The molecule has 0 amide bonds. The molecule has 0 heterocycles. The number of aliphatic hydroxyl groups excluding tert-OH is 2. The van der Waals surface area contributed by atoms with E-state index in [4.69, 9.17) is 10.2 Å². The van der Waals surface area contributed by atoms with E-state index in [1.165, 1.54) is 0 Å². The lowest BCUT2D eigenvalue weighted by molar-refractivity contribution is 0.0980. The lowest BCUT2D eigenvalue weighted by Gasteiger charge is -2.24. The summed E-state index contributed by atoms with van der Waals surface area (Å²) < 4.78 is 0. The van der Waals surface area contributed by atoms with Crippen molar-refractivity contribution in [2.45, 2.75) is 25.7 Å². The molecule has 0 saturated carbocycles. The third-order valence-electron chi connectivity index (χ3n) is 5.79. The molecule has 0 saturated heterocycles. The summed E-state index contributed by atoms with van der Waals surface area (Å²) in [6.45, 7) is 4.82. The number of carbonyl (C=O) groups is 2. The van der Waals surface area contributed by atoms with Gasteiger partial charge in [0.15, 0.2) is 11.6 Å². The predicted molar refractivity (Wildman–Crippen MR) is 135 cm³/mol. The molecule has 1 aliphatic carbocycles. The van der Waals surface area contributed by atoms with Crippen LogP contribution < -0.4 is 21.3 Å². The second-order valence-corrected chi connectivity index (χ2v) is 8.33. The van der Waals surface area contributed by atoms with Crippen molar-refractivity contribution in [2.24, 2.45) is 0 Å². The van der Waals surface area contributed by atoms with Crippen molar-refractivity contribution in [2.75, 3.05) is 63.1 Å². The highest BCUT2D eigenvalue weighted by Gasteiger charge is 2.33.